The van der Waals surface area contributed by atoms with Crippen molar-refractivity contribution < 1.29 is 4.79 Å². The quantitative estimate of drug-likeness (QED) is 0.835. The maximum absolute atomic E-state index is 12.0. The van der Waals surface area contributed by atoms with Gasteiger partial charge in [-0.05, 0) is 6.07 Å². The summed E-state index contributed by atoms with van der Waals surface area (Å²) in [4.78, 5) is 23.7. The minimum Gasteiger partial charge on any atom is -0.355 e. The van der Waals surface area contributed by atoms with Gasteiger partial charge in [0.05, 0.1) is 10.5 Å². The van der Waals surface area contributed by atoms with Gasteiger partial charge in [0.2, 0.25) is 0 Å². The zero-order valence-electron chi connectivity index (χ0n) is 9.45. The third-order valence-corrected chi connectivity index (χ3v) is 3.09. The van der Waals surface area contributed by atoms with Gasteiger partial charge in [-0.1, -0.05) is 29.8 Å². The Balaban J connectivity index is 2.97. The molecular formula is C12H11ClN2O2. The predicted molar refractivity (Wildman–Crippen MR) is 67.6 cm³/mol. The van der Waals surface area contributed by atoms with Gasteiger partial charge in [-0.15, -0.1) is 0 Å². The lowest BCUT2D eigenvalue weighted by molar-refractivity contribution is 0.0961. The van der Waals surface area contributed by atoms with Gasteiger partial charge in [0.15, 0.2) is 0 Å². The van der Waals surface area contributed by atoms with Gasteiger partial charge in [-0.25, -0.2) is 0 Å². The van der Waals surface area contributed by atoms with E-state index >= 15 is 0 Å². The summed E-state index contributed by atoms with van der Waals surface area (Å²) in [6.45, 7) is 0. The average molecular weight is 251 g/mol. The number of carbonyl (C=O) groups excluding carboxylic acids is 1. The molecule has 1 aromatic heterocycles. The van der Waals surface area contributed by atoms with Crippen LogP contribution in [0.5, 0.6) is 0 Å². The largest absolute Gasteiger partial charge is 0.355 e. The topological polar surface area (TPSA) is 51.1 Å². The van der Waals surface area contributed by atoms with Crippen LogP contribution in [0.15, 0.2) is 29.1 Å². The first-order valence-electron chi connectivity index (χ1n) is 5.07. The maximum Gasteiger partial charge on any atom is 0.265 e. The molecule has 0 unspecified atom stereocenters. The Morgan fingerprint density at radius 2 is 2.00 bits per heavy atom. The summed E-state index contributed by atoms with van der Waals surface area (Å²) in [5.41, 5.74) is 0.290. The molecule has 2 aromatic rings. The highest BCUT2D eigenvalue weighted by Crippen LogP contribution is 2.24. The first kappa shape index (κ1) is 11.7. The number of aryl methyl sites for hydroxylation is 1. The number of para-hydroxylation sites is 1. The van der Waals surface area contributed by atoms with Crippen LogP contribution in [-0.2, 0) is 7.05 Å². The second-order valence-corrected chi connectivity index (χ2v) is 4.03. The molecule has 2 rings (SSSR count). The number of carbonyl (C=O) groups is 1. The van der Waals surface area contributed by atoms with E-state index in [9.17, 15) is 9.59 Å². The lowest BCUT2D eigenvalue weighted by Crippen LogP contribution is -2.31. The molecule has 4 nitrogen and oxygen atoms in total. The molecular weight excluding hydrogens is 240 g/mol. The number of nitrogens with zero attached hydrogens (tertiary/aromatic N) is 1. The highest BCUT2D eigenvalue weighted by molar-refractivity contribution is 6.38. The van der Waals surface area contributed by atoms with Crippen molar-refractivity contribution in [2.24, 2.45) is 7.05 Å². The van der Waals surface area contributed by atoms with E-state index in [1.54, 1.807) is 19.2 Å². The van der Waals surface area contributed by atoms with E-state index in [4.69, 9.17) is 11.6 Å². The smallest absolute Gasteiger partial charge is 0.265 e. The Kier molecular flexibility index (Phi) is 2.90. The monoisotopic (exact) mass is 250 g/mol. The van der Waals surface area contributed by atoms with Crippen molar-refractivity contribution in [3.63, 3.8) is 0 Å². The molecule has 0 fully saturated rings. The summed E-state index contributed by atoms with van der Waals surface area (Å²) in [5.74, 6) is -0.471. The van der Waals surface area contributed by atoms with Crippen molar-refractivity contribution >= 4 is 28.4 Å². The van der Waals surface area contributed by atoms with Crippen molar-refractivity contribution in [3.05, 3.63) is 45.2 Å². The number of aromatic nitrogens is 1. The van der Waals surface area contributed by atoms with Crippen LogP contribution in [0.4, 0.5) is 0 Å². The average Bonchev–Trinajstić information content (AvgIpc) is 2.36. The molecule has 5 heteroatoms. The first-order chi connectivity index (χ1) is 8.07. The second kappa shape index (κ2) is 4.22. The first-order valence-corrected chi connectivity index (χ1v) is 5.45. The fourth-order valence-corrected chi connectivity index (χ4v) is 2.11. The Labute approximate surface area is 103 Å². The van der Waals surface area contributed by atoms with Crippen molar-refractivity contribution in [1.29, 1.82) is 0 Å². The summed E-state index contributed by atoms with van der Waals surface area (Å²) < 4.78 is 1.42. The number of hydrogen-bond acceptors (Lipinski definition) is 2. The van der Waals surface area contributed by atoms with Gasteiger partial charge < -0.3 is 9.88 Å². The van der Waals surface area contributed by atoms with E-state index in [1.165, 1.54) is 11.6 Å². The number of hydrogen-bond donors (Lipinski definition) is 1. The van der Waals surface area contributed by atoms with Crippen molar-refractivity contribution in [2.45, 2.75) is 0 Å². The SMILES string of the molecule is CNC(=O)c1c(Cl)c2ccccc2n(C)c1=O. The molecule has 0 saturated carbocycles. The van der Waals surface area contributed by atoms with Crippen LogP contribution in [-0.4, -0.2) is 17.5 Å². The van der Waals surface area contributed by atoms with Gasteiger partial charge in [-0.3, -0.25) is 9.59 Å². The molecule has 0 radical (unpaired) electrons. The van der Waals surface area contributed by atoms with Crippen LogP contribution in [0.1, 0.15) is 10.4 Å². The summed E-state index contributed by atoms with van der Waals surface area (Å²) in [6.07, 6.45) is 0. The van der Waals surface area contributed by atoms with Crippen molar-refractivity contribution in [3.8, 4) is 0 Å². The van der Waals surface area contributed by atoms with Crippen LogP contribution >= 0.6 is 11.6 Å². The molecule has 0 saturated heterocycles. The molecule has 0 aliphatic heterocycles. The van der Waals surface area contributed by atoms with E-state index in [0.29, 0.717) is 10.9 Å². The minimum absolute atomic E-state index is 0.0182. The molecule has 1 aromatic carbocycles. The number of nitrogens with one attached hydrogen (secondary N) is 1. The van der Waals surface area contributed by atoms with Crippen LogP contribution < -0.4 is 10.9 Å². The molecule has 1 amide bonds. The second-order valence-electron chi connectivity index (χ2n) is 3.65. The zero-order chi connectivity index (χ0) is 12.6. The number of amides is 1. The third kappa shape index (κ3) is 1.70. The number of rotatable bonds is 1. The Morgan fingerprint density at radius 1 is 1.35 bits per heavy atom. The van der Waals surface area contributed by atoms with Gasteiger partial charge in [0, 0.05) is 19.5 Å². The number of benzene rings is 1. The van der Waals surface area contributed by atoms with Crippen LogP contribution in [0.2, 0.25) is 5.02 Å². The minimum atomic E-state index is -0.471. The third-order valence-electron chi connectivity index (χ3n) is 2.69. The Bertz CT molecular complexity index is 661. The fourth-order valence-electron chi connectivity index (χ4n) is 1.78. The predicted octanol–water partition coefficient (Wildman–Crippen LogP) is 1.55. The molecule has 17 heavy (non-hydrogen) atoms. The molecule has 88 valence electrons. The highest BCUT2D eigenvalue weighted by Gasteiger charge is 2.18. The van der Waals surface area contributed by atoms with Gasteiger partial charge in [0.1, 0.15) is 5.56 Å². The highest BCUT2D eigenvalue weighted by atomic mass is 35.5. The van der Waals surface area contributed by atoms with Crippen molar-refractivity contribution in [2.75, 3.05) is 7.05 Å². The molecule has 1 heterocycles. The normalized spacial score (nSPS) is 10.5. The molecule has 0 spiro atoms. The molecule has 0 bridgehead atoms. The number of halogens is 1. The summed E-state index contributed by atoms with van der Waals surface area (Å²) in [5, 5.41) is 3.31. The molecule has 0 atom stereocenters. The van der Waals surface area contributed by atoms with E-state index < -0.39 is 11.5 Å². The fraction of sp³-hybridized carbons (Fsp3) is 0.167. The van der Waals surface area contributed by atoms with E-state index in [1.807, 2.05) is 12.1 Å². The maximum atomic E-state index is 12.0. The van der Waals surface area contributed by atoms with Gasteiger partial charge in [0.25, 0.3) is 11.5 Å². The van der Waals surface area contributed by atoms with E-state index in [0.717, 1.165) is 0 Å². The summed E-state index contributed by atoms with van der Waals surface area (Å²) >= 11 is 6.12. The Morgan fingerprint density at radius 3 is 2.65 bits per heavy atom. The van der Waals surface area contributed by atoms with E-state index in [-0.39, 0.29) is 10.6 Å². The van der Waals surface area contributed by atoms with Gasteiger partial charge in [-0.2, -0.15) is 0 Å². The number of fused-ring (bicyclic) bond motifs is 1. The van der Waals surface area contributed by atoms with E-state index in [2.05, 4.69) is 5.32 Å². The van der Waals surface area contributed by atoms with Crippen LogP contribution in [0.3, 0.4) is 0 Å². The summed E-state index contributed by atoms with van der Waals surface area (Å²) in [7, 11) is 3.08. The molecule has 0 aliphatic carbocycles. The number of pyridine rings is 1. The zero-order valence-corrected chi connectivity index (χ0v) is 10.2. The summed E-state index contributed by atoms with van der Waals surface area (Å²) in [6, 6.07) is 7.20. The molecule has 0 aliphatic rings. The van der Waals surface area contributed by atoms with Crippen LogP contribution in [0.25, 0.3) is 10.9 Å². The lowest BCUT2D eigenvalue weighted by Gasteiger charge is -2.10. The van der Waals surface area contributed by atoms with Crippen LogP contribution in [0, 0.1) is 0 Å². The molecule has 1 N–H and O–H groups in total. The van der Waals surface area contributed by atoms with Crippen molar-refractivity contribution in [1.82, 2.24) is 9.88 Å². The van der Waals surface area contributed by atoms with Gasteiger partial charge >= 0.3 is 0 Å². The lowest BCUT2D eigenvalue weighted by atomic mass is 10.1. The standard InChI is InChI=1S/C12H11ClN2O2/c1-14-11(16)9-10(13)7-5-3-4-6-8(7)15(2)12(9)17/h3-6H,1-2H3,(H,14,16). The Hall–Kier alpha value is -1.81.